The second kappa shape index (κ2) is 8.71. The Hall–Kier alpha value is -3.06. The molecule has 2 aromatic carbocycles. The van der Waals surface area contributed by atoms with Crippen molar-refractivity contribution >= 4 is 46.2 Å². The smallest absolute Gasteiger partial charge is 0.174 e. The van der Waals surface area contributed by atoms with Crippen LogP contribution in [0.5, 0.6) is 5.75 Å². The van der Waals surface area contributed by atoms with Gasteiger partial charge in [-0.1, -0.05) is 35.3 Å². The van der Waals surface area contributed by atoms with Crippen molar-refractivity contribution in [2.75, 3.05) is 4.90 Å². The van der Waals surface area contributed by atoms with Crippen LogP contribution in [0.2, 0.25) is 10.0 Å². The molecule has 0 spiro atoms. The second-order valence-corrected chi connectivity index (χ2v) is 9.05. The number of phenolic OH excluding ortho intramolecular Hbond substituents is 1. The number of halogens is 2. The van der Waals surface area contributed by atoms with Crippen LogP contribution in [0, 0.1) is 6.92 Å². The topological polar surface area (TPSA) is 61.5 Å². The van der Waals surface area contributed by atoms with E-state index >= 15 is 0 Å². The number of phenols is 1. The van der Waals surface area contributed by atoms with Gasteiger partial charge >= 0.3 is 0 Å². The number of hydrogen-bond acceptors (Lipinski definition) is 4. The van der Waals surface area contributed by atoms with Gasteiger partial charge in [-0.25, -0.2) is 0 Å². The van der Waals surface area contributed by atoms with Gasteiger partial charge in [-0.3, -0.25) is 4.98 Å². The van der Waals surface area contributed by atoms with Gasteiger partial charge in [-0.05, 0) is 79.3 Å². The summed E-state index contributed by atoms with van der Waals surface area (Å²) in [5, 5.41) is 15.5. The third-order valence-corrected chi connectivity index (χ3v) is 6.46. The lowest BCUT2D eigenvalue weighted by molar-refractivity contribution is 0.434. The molecule has 0 unspecified atom stereocenters. The number of nitrogens with one attached hydrogen (secondary N) is 1. The Bertz CT molecular complexity index is 1340. The van der Waals surface area contributed by atoms with Crippen molar-refractivity contribution in [3.05, 3.63) is 100.0 Å². The Kier molecular flexibility index (Phi) is 5.74. The highest BCUT2D eigenvalue weighted by Gasteiger charge is 2.43. The van der Waals surface area contributed by atoms with Crippen LogP contribution in [0.1, 0.15) is 29.1 Å². The molecular weight excluding hydrogens is 477 g/mol. The van der Waals surface area contributed by atoms with Gasteiger partial charge in [0.2, 0.25) is 0 Å². The molecule has 5 rings (SSSR count). The highest BCUT2D eigenvalue weighted by Crippen LogP contribution is 2.46. The van der Waals surface area contributed by atoms with Gasteiger partial charge in [-0.2, -0.15) is 0 Å². The molecule has 33 heavy (non-hydrogen) atoms. The predicted octanol–water partition coefficient (Wildman–Crippen LogP) is 6.84. The van der Waals surface area contributed by atoms with Gasteiger partial charge in [0.15, 0.2) is 5.11 Å². The van der Waals surface area contributed by atoms with Crippen molar-refractivity contribution < 1.29 is 9.52 Å². The predicted molar refractivity (Wildman–Crippen MR) is 135 cm³/mol. The summed E-state index contributed by atoms with van der Waals surface area (Å²) in [5.74, 6) is 1.41. The van der Waals surface area contributed by atoms with Crippen LogP contribution in [0.3, 0.4) is 0 Å². The van der Waals surface area contributed by atoms with E-state index in [-0.39, 0.29) is 11.8 Å². The van der Waals surface area contributed by atoms with Crippen LogP contribution in [0.15, 0.2) is 77.3 Å². The van der Waals surface area contributed by atoms with E-state index in [1.807, 2.05) is 60.4 Å². The Morgan fingerprint density at radius 1 is 1.03 bits per heavy atom. The molecular formula is C25H19Cl2N3O2S. The summed E-state index contributed by atoms with van der Waals surface area (Å²) in [6.45, 7) is 2.01. The summed E-state index contributed by atoms with van der Waals surface area (Å²) in [4.78, 5) is 6.36. The number of nitrogens with zero attached hydrogens (tertiary/aromatic N) is 2. The van der Waals surface area contributed by atoms with Crippen molar-refractivity contribution in [3.63, 3.8) is 0 Å². The SMILES string of the molecule is Cc1ccc(Cl)cc1-c1ccc([C@H]2[C@H](c3ccccn3)NC(=S)N2c2cc(Cl)ccc2O)o1. The first-order chi connectivity index (χ1) is 15.9. The normalized spacial score (nSPS) is 17.9. The molecule has 2 aromatic heterocycles. The number of anilines is 1. The third kappa shape index (κ3) is 4.06. The Labute approximate surface area is 206 Å². The number of thiocarbonyl (C=S) groups is 1. The van der Waals surface area contributed by atoms with Gasteiger partial charge in [0.1, 0.15) is 23.3 Å². The molecule has 2 N–H and O–H groups in total. The van der Waals surface area contributed by atoms with Gasteiger partial charge in [0, 0.05) is 21.8 Å². The molecule has 1 fully saturated rings. The molecule has 0 aliphatic carbocycles. The lowest BCUT2D eigenvalue weighted by Crippen LogP contribution is -2.29. The van der Waals surface area contributed by atoms with Crippen LogP contribution in [0.25, 0.3) is 11.3 Å². The Morgan fingerprint density at radius 2 is 1.82 bits per heavy atom. The summed E-state index contributed by atoms with van der Waals surface area (Å²) >= 11 is 18.2. The van der Waals surface area contributed by atoms with Crippen molar-refractivity contribution in [3.8, 4) is 17.1 Å². The van der Waals surface area contributed by atoms with Crippen LogP contribution in [-0.2, 0) is 0 Å². The second-order valence-electron chi connectivity index (χ2n) is 7.79. The van der Waals surface area contributed by atoms with E-state index in [9.17, 15) is 5.11 Å². The lowest BCUT2D eigenvalue weighted by atomic mass is 10.0. The minimum Gasteiger partial charge on any atom is -0.506 e. The van der Waals surface area contributed by atoms with Gasteiger partial charge < -0.3 is 19.7 Å². The molecule has 4 aromatic rings. The fourth-order valence-corrected chi connectivity index (χ4v) is 4.79. The molecule has 0 saturated carbocycles. The van der Waals surface area contributed by atoms with Crippen LogP contribution >= 0.6 is 35.4 Å². The number of aromatic nitrogens is 1. The lowest BCUT2D eigenvalue weighted by Gasteiger charge is -2.26. The largest absolute Gasteiger partial charge is 0.506 e. The van der Waals surface area contributed by atoms with E-state index in [4.69, 9.17) is 39.8 Å². The molecule has 1 aliphatic heterocycles. The minimum absolute atomic E-state index is 0.0627. The Balaban J connectivity index is 1.64. The van der Waals surface area contributed by atoms with E-state index < -0.39 is 6.04 Å². The zero-order chi connectivity index (χ0) is 23.1. The Morgan fingerprint density at radius 3 is 2.61 bits per heavy atom. The molecule has 0 bridgehead atoms. The fraction of sp³-hybridized carbons (Fsp3) is 0.120. The van der Waals surface area contributed by atoms with Crippen molar-refractivity contribution in [1.82, 2.24) is 10.3 Å². The fourth-order valence-electron chi connectivity index (χ4n) is 4.11. The zero-order valence-electron chi connectivity index (χ0n) is 17.5. The maximum Gasteiger partial charge on any atom is 0.174 e. The molecule has 5 nitrogen and oxygen atoms in total. The highest BCUT2D eigenvalue weighted by molar-refractivity contribution is 7.80. The molecule has 8 heteroatoms. The number of aromatic hydroxyl groups is 1. The molecule has 1 saturated heterocycles. The number of hydrogen-bond donors (Lipinski definition) is 2. The number of aryl methyl sites for hydroxylation is 1. The van der Waals surface area contributed by atoms with E-state index in [2.05, 4.69) is 10.3 Å². The summed E-state index contributed by atoms with van der Waals surface area (Å²) in [6, 6.07) is 19.4. The molecule has 166 valence electrons. The molecule has 2 atom stereocenters. The standard InChI is InChI=1S/C25H19Cl2N3O2S/c1-14-5-6-15(26)12-17(14)21-9-10-22(32-21)24-23(18-4-2-3-11-28-18)29-25(33)30(24)19-13-16(27)7-8-20(19)31/h2-13,23-24,31H,1H3,(H,29,33)/t23-,24-/m0/s1. The average Bonchev–Trinajstić information content (AvgIpc) is 3.42. The van der Waals surface area contributed by atoms with Gasteiger partial charge in [0.05, 0.1) is 17.4 Å². The van der Waals surface area contributed by atoms with Crippen LogP contribution in [-0.4, -0.2) is 15.2 Å². The van der Waals surface area contributed by atoms with E-state index in [1.165, 1.54) is 0 Å². The van der Waals surface area contributed by atoms with Crippen molar-refractivity contribution in [2.24, 2.45) is 0 Å². The van der Waals surface area contributed by atoms with Crippen LogP contribution in [0.4, 0.5) is 5.69 Å². The van der Waals surface area contributed by atoms with Crippen LogP contribution < -0.4 is 10.2 Å². The van der Waals surface area contributed by atoms with E-state index in [0.717, 1.165) is 16.8 Å². The third-order valence-electron chi connectivity index (χ3n) is 5.68. The highest BCUT2D eigenvalue weighted by atomic mass is 35.5. The van der Waals surface area contributed by atoms with E-state index in [1.54, 1.807) is 24.4 Å². The first kappa shape index (κ1) is 21.8. The summed E-state index contributed by atoms with van der Waals surface area (Å²) in [5.41, 5.74) is 3.24. The zero-order valence-corrected chi connectivity index (χ0v) is 19.8. The van der Waals surface area contributed by atoms with E-state index in [0.29, 0.717) is 32.4 Å². The summed E-state index contributed by atoms with van der Waals surface area (Å²) in [6.07, 6.45) is 1.74. The minimum atomic E-state index is -0.412. The number of benzene rings is 2. The first-order valence-electron chi connectivity index (χ1n) is 10.3. The van der Waals surface area contributed by atoms with Crippen molar-refractivity contribution in [2.45, 2.75) is 19.0 Å². The molecule has 3 heterocycles. The van der Waals surface area contributed by atoms with Gasteiger partial charge in [-0.15, -0.1) is 0 Å². The monoisotopic (exact) mass is 495 g/mol. The quantitative estimate of drug-likeness (QED) is 0.302. The average molecular weight is 496 g/mol. The summed E-state index contributed by atoms with van der Waals surface area (Å²) in [7, 11) is 0. The number of pyridine rings is 1. The maximum atomic E-state index is 10.6. The molecule has 0 radical (unpaired) electrons. The first-order valence-corrected chi connectivity index (χ1v) is 11.4. The van der Waals surface area contributed by atoms with Gasteiger partial charge in [0.25, 0.3) is 0 Å². The molecule has 0 amide bonds. The maximum absolute atomic E-state index is 10.6. The molecule has 1 aliphatic rings. The summed E-state index contributed by atoms with van der Waals surface area (Å²) < 4.78 is 6.37. The van der Waals surface area contributed by atoms with Crippen molar-refractivity contribution in [1.29, 1.82) is 0 Å². The number of furan rings is 1. The number of rotatable bonds is 4.